The van der Waals surface area contributed by atoms with E-state index < -0.39 is 0 Å². The lowest BCUT2D eigenvalue weighted by atomic mass is 10.1. The molecule has 0 atom stereocenters. The number of para-hydroxylation sites is 1. The molecule has 23 heavy (non-hydrogen) atoms. The van der Waals surface area contributed by atoms with Crippen molar-refractivity contribution < 1.29 is 4.74 Å². The van der Waals surface area contributed by atoms with E-state index in [1.54, 1.807) is 6.20 Å². The van der Waals surface area contributed by atoms with Crippen molar-refractivity contribution in [3.8, 4) is 17.1 Å². The van der Waals surface area contributed by atoms with Crippen LogP contribution in [0.3, 0.4) is 0 Å². The second-order valence-corrected chi connectivity index (χ2v) is 5.48. The van der Waals surface area contributed by atoms with Gasteiger partial charge in [-0.25, -0.2) is 4.99 Å². The Bertz CT molecular complexity index is 898. The third kappa shape index (κ3) is 2.55. The van der Waals surface area contributed by atoms with Gasteiger partial charge in [0.15, 0.2) is 5.69 Å². The standard InChI is InChI=1S/C16H11N5OS/c1-23-16-19-15-13(20-21-16)10-6-2-3-7-11(10)18-14(22-15)12-8-4-5-9-17-12/h2-9H,1H3. The van der Waals surface area contributed by atoms with Crippen LogP contribution in [0, 0.1) is 0 Å². The maximum atomic E-state index is 5.93. The third-order valence-corrected chi connectivity index (χ3v) is 3.81. The Hall–Kier alpha value is -2.80. The highest BCUT2D eigenvalue weighted by atomic mass is 32.2. The molecule has 3 aromatic rings. The van der Waals surface area contributed by atoms with E-state index in [1.165, 1.54) is 11.8 Å². The highest BCUT2D eigenvalue weighted by Crippen LogP contribution is 2.37. The molecule has 0 bridgehead atoms. The van der Waals surface area contributed by atoms with Crippen molar-refractivity contribution >= 4 is 23.3 Å². The van der Waals surface area contributed by atoms with Crippen molar-refractivity contribution in [3.63, 3.8) is 0 Å². The normalized spacial score (nSPS) is 12.5. The predicted molar refractivity (Wildman–Crippen MR) is 88.1 cm³/mol. The van der Waals surface area contributed by atoms with Gasteiger partial charge in [0.05, 0.1) is 5.69 Å². The maximum absolute atomic E-state index is 5.93. The topological polar surface area (TPSA) is 73.2 Å². The van der Waals surface area contributed by atoms with Crippen LogP contribution < -0.4 is 4.74 Å². The number of benzene rings is 1. The molecule has 1 aromatic carbocycles. The van der Waals surface area contributed by atoms with Crippen LogP contribution in [0.25, 0.3) is 11.3 Å². The zero-order valence-electron chi connectivity index (χ0n) is 12.2. The second kappa shape index (κ2) is 5.77. The molecule has 6 nitrogen and oxygen atoms in total. The lowest BCUT2D eigenvalue weighted by Crippen LogP contribution is -2.13. The Balaban J connectivity index is 1.94. The van der Waals surface area contributed by atoms with Gasteiger partial charge in [-0.15, -0.1) is 10.2 Å². The first-order chi connectivity index (χ1) is 11.3. The predicted octanol–water partition coefficient (Wildman–Crippen LogP) is 3.13. The molecule has 0 amide bonds. The van der Waals surface area contributed by atoms with Crippen LogP contribution in [0.5, 0.6) is 5.88 Å². The smallest absolute Gasteiger partial charge is 0.252 e. The molecule has 0 N–H and O–H groups in total. The second-order valence-electron chi connectivity index (χ2n) is 4.70. The number of pyridine rings is 1. The van der Waals surface area contributed by atoms with E-state index in [0.29, 0.717) is 28.3 Å². The van der Waals surface area contributed by atoms with Crippen LogP contribution in [0.2, 0.25) is 0 Å². The van der Waals surface area contributed by atoms with Crippen LogP contribution in [0.15, 0.2) is 58.8 Å². The monoisotopic (exact) mass is 321 g/mol. The van der Waals surface area contributed by atoms with Crippen LogP contribution >= 0.6 is 11.8 Å². The molecule has 1 aliphatic rings. The molecule has 3 heterocycles. The summed E-state index contributed by atoms with van der Waals surface area (Å²) >= 11 is 1.41. The summed E-state index contributed by atoms with van der Waals surface area (Å²) < 4.78 is 5.93. The molecule has 0 spiro atoms. The van der Waals surface area contributed by atoms with Gasteiger partial charge in [0.1, 0.15) is 5.69 Å². The fourth-order valence-electron chi connectivity index (χ4n) is 2.22. The first-order valence-electron chi connectivity index (χ1n) is 6.91. The molecule has 7 heteroatoms. The van der Waals surface area contributed by atoms with Gasteiger partial charge in [0, 0.05) is 11.8 Å². The summed E-state index contributed by atoms with van der Waals surface area (Å²) in [6.45, 7) is 0. The Morgan fingerprint density at radius 3 is 2.70 bits per heavy atom. The van der Waals surface area contributed by atoms with E-state index >= 15 is 0 Å². The number of hydrogen-bond acceptors (Lipinski definition) is 7. The molecule has 1 aliphatic heterocycles. The molecule has 4 rings (SSSR count). The van der Waals surface area contributed by atoms with Gasteiger partial charge >= 0.3 is 0 Å². The minimum Gasteiger partial charge on any atom is -0.416 e. The fourth-order valence-corrected chi connectivity index (χ4v) is 2.52. The number of nitrogens with zero attached hydrogens (tertiary/aromatic N) is 5. The summed E-state index contributed by atoms with van der Waals surface area (Å²) in [4.78, 5) is 13.3. The molecule has 2 aromatic heterocycles. The zero-order chi connectivity index (χ0) is 15.6. The van der Waals surface area contributed by atoms with Gasteiger partial charge in [-0.3, -0.25) is 4.98 Å². The summed E-state index contributed by atoms with van der Waals surface area (Å²) in [5.41, 5.74) is 2.80. The van der Waals surface area contributed by atoms with Crippen molar-refractivity contribution in [3.05, 3.63) is 54.4 Å². The molecule has 0 saturated heterocycles. The van der Waals surface area contributed by atoms with E-state index in [4.69, 9.17) is 4.74 Å². The molecule has 0 radical (unpaired) electrons. The number of aromatic nitrogens is 4. The molecule has 0 aliphatic carbocycles. The first-order valence-corrected chi connectivity index (χ1v) is 8.13. The lowest BCUT2D eigenvalue weighted by Gasteiger charge is -2.07. The number of rotatable bonds is 2. The Morgan fingerprint density at radius 1 is 1.00 bits per heavy atom. The Kier molecular flexibility index (Phi) is 3.47. The SMILES string of the molecule is CSc1nnc2c(n1)OC(c1ccccn1)=Nc1ccccc1-2. The summed E-state index contributed by atoms with van der Waals surface area (Å²) in [6, 6.07) is 13.2. The number of fused-ring (bicyclic) bond motifs is 3. The van der Waals surface area contributed by atoms with Gasteiger partial charge in [0.2, 0.25) is 11.1 Å². The van der Waals surface area contributed by atoms with Gasteiger partial charge in [0.25, 0.3) is 5.88 Å². The summed E-state index contributed by atoms with van der Waals surface area (Å²) in [5, 5.41) is 8.92. The van der Waals surface area contributed by atoms with Crippen LogP contribution in [-0.4, -0.2) is 32.3 Å². The average Bonchev–Trinajstić information content (AvgIpc) is 2.78. The molecule has 0 saturated carbocycles. The van der Waals surface area contributed by atoms with Crippen molar-refractivity contribution in [1.29, 1.82) is 0 Å². The van der Waals surface area contributed by atoms with Crippen LogP contribution in [0.1, 0.15) is 5.69 Å². The lowest BCUT2D eigenvalue weighted by molar-refractivity contribution is 0.514. The minimum absolute atomic E-state index is 0.388. The van der Waals surface area contributed by atoms with E-state index in [2.05, 4.69) is 25.2 Å². The summed E-state index contributed by atoms with van der Waals surface area (Å²) in [6.07, 6.45) is 3.59. The van der Waals surface area contributed by atoms with Crippen molar-refractivity contribution in [2.75, 3.05) is 6.26 Å². The van der Waals surface area contributed by atoms with Crippen molar-refractivity contribution in [1.82, 2.24) is 20.2 Å². The van der Waals surface area contributed by atoms with Crippen molar-refractivity contribution in [2.24, 2.45) is 4.99 Å². The third-order valence-electron chi connectivity index (χ3n) is 3.28. The highest BCUT2D eigenvalue weighted by molar-refractivity contribution is 7.98. The molecular weight excluding hydrogens is 310 g/mol. The minimum atomic E-state index is 0.388. The highest BCUT2D eigenvalue weighted by Gasteiger charge is 2.22. The molecule has 0 fully saturated rings. The van der Waals surface area contributed by atoms with Gasteiger partial charge in [-0.2, -0.15) is 4.98 Å². The number of ether oxygens (including phenoxy) is 1. The quantitative estimate of drug-likeness (QED) is 0.675. The first kappa shape index (κ1) is 13.8. The van der Waals surface area contributed by atoms with Crippen LogP contribution in [-0.2, 0) is 0 Å². The Labute approximate surface area is 136 Å². The molecular formula is C16H11N5OS. The zero-order valence-corrected chi connectivity index (χ0v) is 13.0. The van der Waals surface area contributed by atoms with E-state index in [-0.39, 0.29) is 0 Å². The number of aliphatic imine (C=N–C) groups is 1. The summed E-state index contributed by atoms with van der Waals surface area (Å²) in [7, 11) is 0. The van der Waals surface area contributed by atoms with E-state index in [0.717, 1.165) is 11.3 Å². The van der Waals surface area contributed by atoms with E-state index in [1.807, 2.05) is 48.7 Å². The average molecular weight is 321 g/mol. The number of hydrogen-bond donors (Lipinski definition) is 0. The Morgan fingerprint density at radius 2 is 1.87 bits per heavy atom. The molecule has 112 valence electrons. The van der Waals surface area contributed by atoms with E-state index in [9.17, 15) is 0 Å². The van der Waals surface area contributed by atoms with Gasteiger partial charge in [-0.05, 0) is 24.5 Å². The maximum Gasteiger partial charge on any atom is 0.252 e. The fraction of sp³-hybridized carbons (Fsp3) is 0.0625. The van der Waals surface area contributed by atoms with Crippen molar-refractivity contribution in [2.45, 2.75) is 5.16 Å². The number of thioether (sulfide) groups is 1. The van der Waals surface area contributed by atoms with Gasteiger partial charge < -0.3 is 4.74 Å². The largest absolute Gasteiger partial charge is 0.416 e. The van der Waals surface area contributed by atoms with Crippen LogP contribution in [0.4, 0.5) is 5.69 Å². The summed E-state index contributed by atoms with van der Waals surface area (Å²) in [5.74, 6) is 0.781. The van der Waals surface area contributed by atoms with Gasteiger partial charge in [-0.1, -0.05) is 36.0 Å². The molecule has 0 unspecified atom stereocenters.